The standard InChI is InChI=1S/C7H12S.C5H5N/c1-4-5-6-7(2)8-3;1-2-4-6-5-3-1/h4-6H,1-3H3;1-5H/b5-4+,7-6-;. The van der Waals surface area contributed by atoms with Gasteiger partial charge in [0.15, 0.2) is 0 Å². The van der Waals surface area contributed by atoms with Gasteiger partial charge < -0.3 is 0 Å². The molecule has 0 N–H and O–H groups in total. The minimum absolute atomic E-state index is 1.35. The lowest BCUT2D eigenvalue weighted by Gasteiger charge is -1.86. The lowest BCUT2D eigenvalue weighted by Crippen LogP contribution is -1.59. The van der Waals surface area contributed by atoms with Crippen LogP contribution >= 0.6 is 11.8 Å². The van der Waals surface area contributed by atoms with E-state index in [4.69, 9.17) is 0 Å². The van der Waals surface area contributed by atoms with Crippen LogP contribution in [0.25, 0.3) is 0 Å². The molecule has 2 heteroatoms. The molecule has 0 bridgehead atoms. The molecule has 14 heavy (non-hydrogen) atoms. The Hall–Kier alpha value is -1.02. The summed E-state index contributed by atoms with van der Waals surface area (Å²) in [4.78, 5) is 5.13. The normalized spacial score (nSPS) is 10.9. The van der Waals surface area contributed by atoms with Gasteiger partial charge in [-0.2, -0.15) is 0 Å². The minimum Gasteiger partial charge on any atom is -0.265 e. The molecule has 0 aliphatic rings. The molecule has 1 aromatic heterocycles. The summed E-state index contributed by atoms with van der Waals surface area (Å²) in [5.41, 5.74) is 0. The molecular weight excluding hydrogens is 190 g/mol. The number of nitrogens with zero attached hydrogens (tertiary/aromatic N) is 1. The van der Waals surface area contributed by atoms with E-state index in [1.54, 1.807) is 24.2 Å². The lowest BCUT2D eigenvalue weighted by atomic mass is 10.5. The van der Waals surface area contributed by atoms with Crippen LogP contribution in [-0.2, 0) is 0 Å². The third-order valence-corrected chi connectivity index (χ3v) is 2.19. The summed E-state index contributed by atoms with van der Waals surface area (Å²) in [6.45, 7) is 4.12. The Morgan fingerprint density at radius 2 is 1.86 bits per heavy atom. The molecule has 0 amide bonds. The quantitative estimate of drug-likeness (QED) is 0.682. The number of hydrogen-bond donors (Lipinski definition) is 0. The van der Waals surface area contributed by atoms with Gasteiger partial charge in [0, 0.05) is 12.4 Å². The zero-order valence-corrected chi connectivity index (χ0v) is 9.79. The molecule has 0 atom stereocenters. The molecule has 1 rings (SSSR count). The van der Waals surface area contributed by atoms with E-state index in [1.807, 2.05) is 37.3 Å². The van der Waals surface area contributed by atoms with E-state index in [-0.39, 0.29) is 0 Å². The van der Waals surface area contributed by atoms with Crippen molar-refractivity contribution in [3.8, 4) is 0 Å². The highest BCUT2D eigenvalue weighted by Crippen LogP contribution is 2.08. The van der Waals surface area contributed by atoms with Crippen molar-refractivity contribution in [1.82, 2.24) is 4.98 Å². The summed E-state index contributed by atoms with van der Waals surface area (Å²) in [6.07, 6.45) is 11.8. The molecule has 76 valence electrons. The van der Waals surface area contributed by atoms with E-state index in [1.165, 1.54) is 4.91 Å². The maximum Gasteiger partial charge on any atom is 0.0267 e. The Kier molecular flexibility index (Phi) is 9.33. The molecule has 0 radical (unpaired) electrons. The summed E-state index contributed by atoms with van der Waals surface area (Å²) in [5, 5.41) is 0. The molecule has 0 aliphatic heterocycles. The molecule has 0 unspecified atom stereocenters. The van der Waals surface area contributed by atoms with Gasteiger partial charge in [0.1, 0.15) is 0 Å². The monoisotopic (exact) mass is 207 g/mol. The number of hydrogen-bond acceptors (Lipinski definition) is 2. The molecule has 0 spiro atoms. The van der Waals surface area contributed by atoms with Crippen LogP contribution in [0.15, 0.2) is 53.7 Å². The predicted molar refractivity (Wildman–Crippen MR) is 66.3 cm³/mol. The van der Waals surface area contributed by atoms with Crippen molar-refractivity contribution in [2.24, 2.45) is 0 Å². The van der Waals surface area contributed by atoms with Gasteiger partial charge in [-0.25, -0.2) is 0 Å². The number of thioether (sulfide) groups is 1. The van der Waals surface area contributed by atoms with Crippen molar-refractivity contribution < 1.29 is 0 Å². The number of allylic oxidation sites excluding steroid dienone is 4. The molecule has 1 aromatic rings. The number of pyridine rings is 1. The molecule has 0 saturated carbocycles. The van der Waals surface area contributed by atoms with Gasteiger partial charge in [-0.05, 0) is 37.1 Å². The Morgan fingerprint density at radius 3 is 2.14 bits per heavy atom. The van der Waals surface area contributed by atoms with Gasteiger partial charge in [-0.15, -0.1) is 11.8 Å². The average Bonchev–Trinajstić information content (AvgIpc) is 2.29. The Bertz CT molecular complexity index is 238. The van der Waals surface area contributed by atoms with Gasteiger partial charge in [0.05, 0.1) is 0 Å². The van der Waals surface area contributed by atoms with Crippen LogP contribution < -0.4 is 0 Å². The summed E-state index contributed by atoms with van der Waals surface area (Å²) in [5.74, 6) is 0. The molecule has 0 aromatic carbocycles. The summed E-state index contributed by atoms with van der Waals surface area (Å²) >= 11 is 1.77. The Labute approximate surface area is 91.0 Å². The predicted octanol–water partition coefficient (Wildman–Crippen LogP) is 3.91. The SMILES string of the molecule is C/C=C/C=C(/C)SC.c1ccncc1. The molecular formula is C12H17NS. The maximum atomic E-state index is 3.78. The molecule has 0 fully saturated rings. The summed E-state index contributed by atoms with van der Waals surface area (Å²) in [6, 6.07) is 5.72. The van der Waals surface area contributed by atoms with Crippen LogP contribution in [0.4, 0.5) is 0 Å². The molecule has 0 saturated heterocycles. The second-order valence-electron chi connectivity index (χ2n) is 2.53. The minimum atomic E-state index is 1.35. The third kappa shape index (κ3) is 9.07. The van der Waals surface area contributed by atoms with Crippen molar-refractivity contribution in [2.45, 2.75) is 13.8 Å². The largest absolute Gasteiger partial charge is 0.265 e. The van der Waals surface area contributed by atoms with Crippen molar-refractivity contribution >= 4 is 11.8 Å². The van der Waals surface area contributed by atoms with Crippen molar-refractivity contribution in [3.05, 3.63) is 53.7 Å². The lowest BCUT2D eigenvalue weighted by molar-refractivity contribution is 1.33. The van der Waals surface area contributed by atoms with E-state index in [0.29, 0.717) is 0 Å². The highest BCUT2D eigenvalue weighted by Gasteiger charge is 1.76. The van der Waals surface area contributed by atoms with Crippen LogP contribution in [-0.4, -0.2) is 11.2 Å². The molecule has 0 aliphatic carbocycles. The van der Waals surface area contributed by atoms with Gasteiger partial charge in [-0.3, -0.25) is 4.98 Å². The van der Waals surface area contributed by atoms with E-state index in [9.17, 15) is 0 Å². The number of rotatable bonds is 2. The fourth-order valence-electron chi connectivity index (χ4n) is 0.612. The first kappa shape index (κ1) is 13.0. The van der Waals surface area contributed by atoms with Crippen LogP contribution in [0.5, 0.6) is 0 Å². The zero-order valence-electron chi connectivity index (χ0n) is 8.97. The van der Waals surface area contributed by atoms with Gasteiger partial charge in [-0.1, -0.05) is 24.3 Å². The van der Waals surface area contributed by atoms with E-state index >= 15 is 0 Å². The van der Waals surface area contributed by atoms with Crippen LogP contribution in [0.2, 0.25) is 0 Å². The average molecular weight is 207 g/mol. The second kappa shape index (κ2) is 10.1. The van der Waals surface area contributed by atoms with Gasteiger partial charge >= 0.3 is 0 Å². The first-order valence-corrected chi connectivity index (χ1v) is 5.72. The third-order valence-electron chi connectivity index (χ3n) is 1.41. The summed E-state index contributed by atoms with van der Waals surface area (Å²) in [7, 11) is 0. The molecule has 1 heterocycles. The van der Waals surface area contributed by atoms with Crippen molar-refractivity contribution in [1.29, 1.82) is 0 Å². The fourth-order valence-corrected chi connectivity index (χ4v) is 0.827. The topological polar surface area (TPSA) is 12.9 Å². The highest BCUT2D eigenvalue weighted by atomic mass is 32.2. The van der Waals surface area contributed by atoms with Gasteiger partial charge in [0.2, 0.25) is 0 Å². The van der Waals surface area contributed by atoms with E-state index in [2.05, 4.69) is 24.2 Å². The van der Waals surface area contributed by atoms with Gasteiger partial charge in [0.25, 0.3) is 0 Å². The van der Waals surface area contributed by atoms with Crippen molar-refractivity contribution in [2.75, 3.05) is 6.26 Å². The Morgan fingerprint density at radius 1 is 1.21 bits per heavy atom. The fraction of sp³-hybridized carbons (Fsp3) is 0.250. The zero-order chi connectivity index (χ0) is 10.6. The van der Waals surface area contributed by atoms with E-state index in [0.717, 1.165) is 0 Å². The first-order chi connectivity index (χ1) is 6.81. The smallest absolute Gasteiger partial charge is 0.0267 e. The van der Waals surface area contributed by atoms with Crippen LogP contribution in [0, 0.1) is 0 Å². The van der Waals surface area contributed by atoms with Crippen LogP contribution in [0.1, 0.15) is 13.8 Å². The molecule has 1 nitrogen and oxygen atoms in total. The van der Waals surface area contributed by atoms with Crippen LogP contribution in [0.3, 0.4) is 0 Å². The maximum absolute atomic E-state index is 3.78. The first-order valence-electron chi connectivity index (χ1n) is 4.49. The Balaban J connectivity index is 0.000000249. The van der Waals surface area contributed by atoms with E-state index < -0.39 is 0 Å². The van der Waals surface area contributed by atoms with Crippen molar-refractivity contribution in [3.63, 3.8) is 0 Å². The number of aromatic nitrogens is 1. The summed E-state index contributed by atoms with van der Waals surface area (Å²) < 4.78 is 0. The highest BCUT2D eigenvalue weighted by molar-refractivity contribution is 8.02. The second-order valence-corrected chi connectivity index (χ2v) is 3.58.